The highest BCUT2D eigenvalue weighted by Gasteiger charge is 2.17. The summed E-state index contributed by atoms with van der Waals surface area (Å²) < 4.78 is 0.879. The molecule has 0 heterocycles. The Labute approximate surface area is 102 Å². The van der Waals surface area contributed by atoms with Crippen LogP contribution in [0, 0.1) is 6.92 Å². The molecule has 0 aromatic heterocycles. The Balaban J connectivity index is 3.16. The van der Waals surface area contributed by atoms with Gasteiger partial charge in [-0.1, -0.05) is 27.5 Å². The summed E-state index contributed by atoms with van der Waals surface area (Å²) in [5.74, 6) is -0.266. The van der Waals surface area contributed by atoms with E-state index in [0.29, 0.717) is 10.6 Å². The highest BCUT2D eigenvalue weighted by molar-refractivity contribution is 9.10. The Morgan fingerprint density at radius 1 is 1.53 bits per heavy atom. The quantitative estimate of drug-likeness (QED) is 0.784. The Hall–Kier alpha value is -0.580. The van der Waals surface area contributed by atoms with Gasteiger partial charge in [-0.25, -0.2) is 5.06 Å². The summed E-state index contributed by atoms with van der Waals surface area (Å²) in [4.78, 5) is 16.6. The second kappa shape index (κ2) is 4.96. The number of benzene rings is 1. The molecule has 0 radical (unpaired) electrons. The van der Waals surface area contributed by atoms with E-state index in [1.807, 2.05) is 6.92 Å². The maximum absolute atomic E-state index is 11.8. The van der Waals surface area contributed by atoms with E-state index < -0.39 is 0 Å². The highest BCUT2D eigenvalue weighted by atomic mass is 79.9. The van der Waals surface area contributed by atoms with Gasteiger partial charge in [0.25, 0.3) is 5.91 Å². The zero-order valence-electron chi connectivity index (χ0n) is 8.67. The molecule has 0 bridgehead atoms. The number of rotatable bonds is 2. The fraction of sp³-hybridized carbons (Fsp3) is 0.300. The molecule has 3 nitrogen and oxygen atoms in total. The van der Waals surface area contributed by atoms with Gasteiger partial charge in [-0.05, 0) is 24.6 Å². The molecule has 0 spiro atoms. The number of hydrogen-bond donors (Lipinski definition) is 0. The van der Waals surface area contributed by atoms with E-state index in [2.05, 4.69) is 15.9 Å². The summed E-state index contributed by atoms with van der Waals surface area (Å²) in [7, 11) is 2.97. The van der Waals surface area contributed by atoms with Gasteiger partial charge in [0.2, 0.25) is 0 Å². The average molecular weight is 293 g/mol. The highest BCUT2D eigenvalue weighted by Crippen LogP contribution is 2.28. The SMILES string of the molecule is CON(C)C(=O)c1ccc(Br)c(C)c1Cl. The number of nitrogens with zero attached hydrogens (tertiary/aromatic N) is 1. The van der Waals surface area contributed by atoms with Crippen molar-refractivity contribution in [3.8, 4) is 0 Å². The number of carbonyl (C=O) groups excluding carboxylic acids is 1. The summed E-state index contributed by atoms with van der Waals surface area (Å²) in [6.07, 6.45) is 0. The fourth-order valence-electron chi connectivity index (χ4n) is 1.08. The molecule has 0 atom stereocenters. The minimum Gasteiger partial charge on any atom is -0.274 e. The standard InChI is InChI=1S/C10H11BrClNO2/c1-6-8(11)5-4-7(9(6)12)10(14)13(2)15-3/h4-5H,1-3H3. The zero-order valence-corrected chi connectivity index (χ0v) is 11.0. The van der Waals surface area contributed by atoms with Crippen molar-refractivity contribution in [2.24, 2.45) is 0 Å². The fourth-order valence-corrected chi connectivity index (χ4v) is 1.77. The minimum absolute atomic E-state index is 0.266. The molecule has 0 N–H and O–H groups in total. The summed E-state index contributed by atoms with van der Waals surface area (Å²) in [6, 6.07) is 3.45. The Morgan fingerprint density at radius 2 is 2.13 bits per heavy atom. The molecule has 0 aliphatic rings. The van der Waals surface area contributed by atoms with Crippen LogP contribution in [0.5, 0.6) is 0 Å². The molecule has 1 aromatic carbocycles. The van der Waals surface area contributed by atoms with E-state index in [4.69, 9.17) is 16.4 Å². The van der Waals surface area contributed by atoms with E-state index in [0.717, 1.165) is 15.1 Å². The van der Waals surface area contributed by atoms with Crippen LogP contribution in [0.1, 0.15) is 15.9 Å². The molecular weight excluding hydrogens is 281 g/mol. The van der Waals surface area contributed by atoms with Crippen LogP contribution in [0.4, 0.5) is 0 Å². The van der Waals surface area contributed by atoms with Crippen LogP contribution in [-0.4, -0.2) is 25.1 Å². The van der Waals surface area contributed by atoms with Gasteiger partial charge < -0.3 is 0 Å². The molecule has 5 heteroatoms. The van der Waals surface area contributed by atoms with Gasteiger partial charge in [-0.3, -0.25) is 9.63 Å². The minimum atomic E-state index is -0.266. The normalized spacial score (nSPS) is 10.2. The second-order valence-electron chi connectivity index (χ2n) is 3.02. The van der Waals surface area contributed by atoms with Crippen LogP contribution in [0.15, 0.2) is 16.6 Å². The number of carbonyl (C=O) groups is 1. The van der Waals surface area contributed by atoms with E-state index in [9.17, 15) is 4.79 Å². The van der Waals surface area contributed by atoms with Crippen LogP contribution in [0.2, 0.25) is 5.02 Å². The Kier molecular flexibility index (Phi) is 4.13. The third-order valence-corrected chi connectivity index (χ3v) is 3.46. The smallest absolute Gasteiger partial charge is 0.274 e. The van der Waals surface area contributed by atoms with Crippen LogP contribution < -0.4 is 0 Å². The van der Waals surface area contributed by atoms with Gasteiger partial charge in [0.15, 0.2) is 0 Å². The van der Waals surface area contributed by atoms with E-state index >= 15 is 0 Å². The van der Waals surface area contributed by atoms with Crippen LogP contribution >= 0.6 is 27.5 Å². The Morgan fingerprint density at radius 3 is 2.67 bits per heavy atom. The molecule has 1 aromatic rings. The molecule has 0 aliphatic heterocycles. The number of hydroxylamine groups is 2. The van der Waals surface area contributed by atoms with Crippen molar-refractivity contribution in [1.82, 2.24) is 5.06 Å². The topological polar surface area (TPSA) is 29.5 Å². The third-order valence-electron chi connectivity index (χ3n) is 2.11. The van der Waals surface area contributed by atoms with Crippen molar-refractivity contribution in [2.75, 3.05) is 14.2 Å². The van der Waals surface area contributed by atoms with Gasteiger partial charge in [0, 0.05) is 11.5 Å². The lowest BCUT2D eigenvalue weighted by atomic mass is 10.1. The van der Waals surface area contributed by atoms with E-state index in [1.165, 1.54) is 14.2 Å². The first-order valence-corrected chi connectivity index (χ1v) is 5.43. The molecule has 1 amide bonds. The summed E-state index contributed by atoms with van der Waals surface area (Å²) in [6.45, 7) is 1.84. The lowest BCUT2D eigenvalue weighted by Crippen LogP contribution is -2.25. The largest absolute Gasteiger partial charge is 0.278 e. The van der Waals surface area contributed by atoms with Crippen molar-refractivity contribution >= 4 is 33.4 Å². The molecule has 0 aliphatic carbocycles. The summed E-state index contributed by atoms with van der Waals surface area (Å²) in [5, 5.41) is 1.58. The first-order chi connectivity index (χ1) is 6.99. The molecule has 0 fully saturated rings. The lowest BCUT2D eigenvalue weighted by molar-refractivity contribution is -0.0756. The van der Waals surface area contributed by atoms with Crippen molar-refractivity contribution in [3.63, 3.8) is 0 Å². The molecule has 1 rings (SSSR count). The van der Waals surface area contributed by atoms with Gasteiger partial charge in [0.1, 0.15) is 0 Å². The summed E-state index contributed by atoms with van der Waals surface area (Å²) in [5.41, 5.74) is 1.27. The second-order valence-corrected chi connectivity index (χ2v) is 4.25. The van der Waals surface area contributed by atoms with Crippen molar-refractivity contribution < 1.29 is 9.63 Å². The van der Waals surface area contributed by atoms with Crippen LogP contribution in [0.3, 0.4) is 0 Å². The van der Waals surface area contributed by atoms with Crippen molar-refractivity contribution in [2.45, 2.75) is 6.92 Å². The average Bonchev–Trinajstić information content (AvgIpc) is 2.24. The predicted molar refractivity (Wildman–Crippen MR) is 63.0 cm³/mol. The number of halogens is 2. The third kappa shape index (κ3) is 2.51. The molecule has 0 saturated carbocycles. The van der Waals surface area contributed by atoms with Crippen molar-refractivity contribution in [1.29, 1.82) is 0 Å². The van der Waals surface area contributed by atoms with E-state index in [1.54, 1.807) is 12.1 Å². The van der Waals surface area contributed by atoms with E-state index in [-0.39, 0.29) is 5.91 Å². The Bertz CT molecular complexity index is 395. The predicted octanol–water partition coefficient (Wildman–Crippen LogP) is 3.04. The lowest BCUT2D eigenvalue weighted by Gasteiger charge is -2.15. The maximum Gasteiger partial charge on any atom is 0.278 e. The maximum atomic E-state index is 11.8. The van der Waals surface area contributed by atoms with Crippen LogP contribution in [-0.2, 0) is 4.84 Å². The van der Waals surface area contributed by atoms with Gasteiger partial charge in [-0.15, -0.1) is 0 Å². The molecule has 0 saturated heterocycles. The molecule has 0 unspecified atom stereocenters. The zero-order chi connectivity index (χ0) is 11.6. The summed E-state index contributed by atoms with van der Waals surface area (Å²) >= 11 is 9.40. The monoisotopic (exact) mass is 291 g/mol. The van der Waals surface area contributed by atoms with Gasteiger partial charge in [-0.2, -0.15) is 0 Å². The molecule has 82 valence electrons. The number of amides is 1. The molecule has 15 heavy (non-hydrogen) atoms. The first-order valence-electron chi connectivity index (χ1n) is 4.25. The van der Waals surface area contributed by atoms with Crippen LogP contribution in [0.25, 0.3) is 0 Å². The number of hydrogen-bond acceptors (Lipinski definition) is 2. The van der Waals surface area contributed by atoms with Gasteiger partial charge >= 0.3 is 0 Å². The van der Waals surface area contributed by atoms with Crippen molar-refractivity contribution in [3.05, 3.63) is 32.8 Å². The molecular formula is C10H11BrClNO2. The van der Waals surface area contributed by atoms with Gasteiger partial charge in [0.05, 0.1) is 17.7 Å². The first kappa shape index (κ1) is 12.5.